The molecule has 0 unspecified atom stereocenters. The average molecular weight is 338 g/mol. The Balaban J connectivity index is 2.43. The highest BCUT2D eigenvalue weighted by Crippen LogP contribution is 2.27. The van der Waals surface area contributed by atoms with E-state index >= 15 is 0 Å². The van der Waals surface area contributed by atoms with Crippen molar-refractivity contribution >= 4 is 27.3 Å². The Hall–Kier alpha value is -1.89. The van der Waals surface area contributed by atoms with Gasteiger partial charge in [0.25, 0.3) is 0 Å². The zero-order chi connectivity index (χ0) is 17.2. The molecule has 2 atom stereocenters. The number of para-hydroxylation sites is 1. The fourth-order valence-electron chi connectivity index (χ4n) is 2.75. The molecule has 0 saturated carbocycles. The molecular formula is C16H22N2O4S. The van der Waals surface area contributed by atoms with Crippen LogP contribution in [0.3, 0.4) is 0 Å². The lowest BCUT2D eigenvalue weighted by atomic mass is 9.96. The van der Waals surface area contributed by atoms with Crippen molar-refractivity contribution < 1.29 is 18.0 Å². The van der Waals surface area contributed by atoms with Gasteiger partial charge in [-0.05, 0) is 17.5 Å². The SMILES string of the molecule is CC[C@H](C)[C@H]1C(=O)Nc2ccccc2CN1C(=O)CS(C)(=O)=O. The van der Waals surface area contributed by atoms with Crippen molar-refractivity contribution in [3.8, 4) is 0 Å². The molecule has 0 fully saturated rings. The number of fused-ring (bicyclic) bond motifs is 1. The monoisotopic (exact) mass is 338 g/mol. The fraction of sp³-hybridized carbons (Fsp3) is 0.500. The fourth-order valence-corrected chi connectivity index (χ4v) is 3.36. The first kappa shape index (κ1) is 17.5. The number of hydrogen-bond donors (Lipinski definition) is 1. The van der Waals surface area contributed by atoms with Gasteiger partial charge in [0.15, 0.2) is 9.84 Å². The van der Waals surface area contributed by atoms with Gasteiger partial charge in [-0.1, -0.05) is 38.5 Å². The quantitative estimate of drug-likeness (QED) is 0.900. The third-order valence-corrected chi connectivity index (χ3v) is 4.88. The maximum Gasteiger partial charge on any atom is 0.247 e. The molecule has 0 radical (unpaired) electrons. The van der Waals surface area contributed by atoms with E-state index in [-0.39, 0.29) is 18.4 Å². The lowest BCUT2D eigenvalue weighted by Gasteiger charge is -2.32. The van der Waals surface area contributed by atoms with Crippen LogP contribution in [0.15, 0.2) is 24.3 Å². The summed E-state index contributed by atoms with van der Waals surface area (Å²) in [5, 5.41) is 2.85. The Bertz CT molecular complexity index is 715. The predicted molar refractivity (Wildman–Crippen MR) is 88.6 cm³/mol. The molecule has 1 aliphatic rings. The van der Waals surface area contributed by atoms with Gasteiger partial charge >= 0.3 is 0 Å². The van der Waals surface area contributed by atoms with Crippen LogP contribution in [0, 0.1) is 5.92 Å². The first-order valence-corrected chi connectivity index (χ1v) is 9.65. The largest absolute Gasteiger partial charge is 0.325 e. The van der Waals surface area contributed by atoms with E-state index in [9.17, 15) is 18.0 Å². The highest BCUT2D eigenvalue weighted by atomic mass is 32.2. The molecule has 2 amide bonds. The van der Waals surface area contributed by atoms with Crippen LogP contribution in [-0.2, 0) is 26.0 Å². The number of hydrogen-bond acceptors (Lipinski definition) is 4. The minimum atomic E-state index is -3.46. The van der Waals surface area contributed by atoms with Crippen molar-refractivity contribution in [2.45, 2.75) is 32.9 Å². The molecule has 2 rings (SSSR count). The van der Waals surface area contributed by atoms with Crippen molar-refractivity contribution in [3.63, 3.8) is 0 Å². The molecule has 0 saturated heterocycles. The molecule has 6 nitrogen and oxygen atoms in total. The van der Waals surface area contributed by atoms with Gasteiger partial charge in [0, 0.05) is 18.5 Å². The number of benzene rings is 1. The van der Waals surface area contributed by atoms with Crippen LogP contribution in [-0.4, -0.2) is 43.2 Å². The van der Waals surface area contributed by atoms with Gasteiger partial charge in [0.2, 0.25) is 11.8 Å². The van der Waals surface area contributed by atoms with Gasteiger partial charge < -0.3 is 10.2 Å². The standard InChI is InChI=1S/C16H22N2O4S/c1-4-11(2)15-16(20)17-13-8-6-5-7-12(13)9-18(15)14(19)10-23(3,21)22/h5-8,11,15H,4,9-10H2,1-3H3,(H,17,20)/t11-,15-/m0/s1. The molecule has 0 aliphatic carbocycles. The number of carbonyl (C=O) groups excluding carboxylic acids is 2. The number of sulfone groups is 1. The summed E-state index contributed by atoms with van der Waals surface area (Å²) >= 11 is 0. The molecule has 23 heavy (non-hydrogen) atoms. The normalized spacial score (nSPS) is 19.5. The van der Waals surface area contributed by atoms with Gasteiger partial charge in [0.05, 0.1) is 0 Å². The highest BCUT2D eigenvalue weighted by molar-refractivity contribution is 7.91. The van der Waals surface area contributed by atoms with Crippen LogP contribution in [0.25, 0.3) is 0 Å². The Morgan fingerprint density at radius 1 is 1.39 bits per heavy atom. The zero-order valence-corrected chi connectivity index (χ0v) is 14.4. The van der Waals surface area contributed by atoms with E-state index in [2.05, 4.69) is 5.32 Å². The molecule has 1 heterocycles. The Labute approximate surface area is 136 Å². The lowest BCUT2D eigenvalue weighted by Crippen LogP contribution is -2.50. The number of anilines is 1. The summed E-state index contributed by atoms with van der Waals surface area (Å²) in [4.78, 5) is 26.5. The Morgan fingerprint density at radius 2 is 2.04 bits per heavy atom. The van der Waals surface area contributed by atoms with Gasteiger partial charge in [-0.2, -0.15) is 0 Å². The van der Waals surface area contributed by atoms with Crippen LogP contribution < -0.4 is 5.32 Å². The second kappa shape index (κ2) is 6.70. The minimum Gasteiger partial charge on any atom is -0.325 e. The average Bonchev–Trinajstić information content (AvgIpc) is 2.60. The van der Waals surface area contributed by atoms with Crippen LogP contribution in [0.4, 0.5) is 5.69 Å². The number of carbonyl (C=O) groups is 2. The molecule has 0 spiro atoms. The van der Waals surface area contributed by atoms with Crippen LogP contribution in [0.5, 0.6) is 0 Å². The summed E-state index contributed by atoms with van der Waals surface area (Å²) in [5.41, 5.74) is 1.47. The Kier molecular flexibility index (Phi) is 5.09. The van der Waals surface area contributed by atoms with E-state index in [1.165, 1.54) is 4.90 Å². The van der Waals surface area contributed by atoms with Gasteiger partial charge in [-0.15, -0.1) is 0 Å². The molecule has 1 aromatic rings. The van der Waals surface area contributed by atoms with Crippen LogP contribution in [0.1, 0.15) is 25.8 Å². The van der Waals surface area contributed by atoms with Gasteiger partial charge in [-0.3, -0.25) is 9.59 Å². The van der Waals surface area contributed by atoms with Crippen molar-refractivity contribution in [1.82, 2.24) is 4.90 Å². The molecule has 126 valence electrons. The Morgan fingerprint density at radius 3 is 2.65 bits per heavy atom. The van der Waals surface area contributed by atoms with Crippen molar-refractivity contribution in [2.75, 3.05) is 17.3 Å². The van der Waals surface area contributed by atoms with E-state index in [0.717, 1.165) is 11.8 Å². The van der Waals surface area contributed by atoms with Crippen LogP contribution >= 0.6 is 0 Å². The van der Waals surface area contributed by atoms with E-state index in [1.807, 2.05) is 32.0 Å². The lowest BCUT2D eigenvalue weighted by molar-refractivity contribution is -0.138. The first-order valence-electron chi connectivity index (χ1n) is 7.59. The zero-order valence-electron chi connectivity index (χ0n) is 13.6. The predicted octanol–water partition coefficient (Wildman–Crippen LogP) is 1.43. The molecule has 7 heteroatoms. The third-order valence-electron chi connectivity index (χ3n) is 4.11. The van der Waals surface area contributed by atoms with E-state index in [0.29, 0.717) is 12.1 Å². The first-order chi connectivity index (χ1) is 10.7. The van der Waals surface area contributed by atoms with Crippen LogP contribution in [0.2, 0.25) is 0 Å². The second-order valence-electron chi connectivity index (χ2n) is 6.07. The molecule has 0 bridgehead atoms. The van der Waals surface area contributed by atoms with Crippen molar-refractivity contribution in [2.24, 2.45) is 5.92 Å². The maximum atomic E-state index is 12.6. The molecule has 1 aliphatic heterocycles. The summed E-state index contributed by atoms with van der Waals surface area (Å²) < 4.78 is 23.0. The second-order valence-corrected chi connectivity index (χ2v) is 8.21. The highest BCUT2D eigenvalue weighted by Gasteiger charge is 2.37. The molecule has 0 aromatic heterocycles. The third kappa shape index (κ3) is 4.10. The number of rotatable bonds is 4. The van der Waals surface area contributed by atoms with E-state index < -0.39 is 27.5 Å². The van der Waals surface area contributed by atoms with Crippen molar-refractivity contribution in [3.05, 3.63) is 29.8 Å². The minimum absolute atomic E-state index is 0.0761. The number of nitrogens with one attached hydrogen (secondary N) is 1. The summed E-state index contributed by atoms with van der Waals surface area (Å²) in [6, 6.07) is 6.57. The van der Waals surface area contributed by atoms with Crippen molar-refractivity contribution in [1.29, 1.82) is 0 Å². The maximum absolute atomic E-state index is 12.6. The number of nitrogens with zero attached hydrogens (tertiary/aromatic N) is 1. The van der Waals surface area contributed by atoms with Gasteiger partial charge in [0.1, 0.15) is 11.8 Å². The molecular weight excluding hydrogens is 316 g/mol. The summed E-state index contributed by atoms with van der Waals surface area (Å²) in [6.07, 6.45) is 1.73. The van der Waals surface area contributed by atoms with E-state index in [1.54, 1.807) is 6.07 Å². The summed E-state index contributed by atoms with van der Waals surface area (Å²) in [5.74, 6) is -1.47. The smallest absolute Gasteiger partial charge is 0.247 e. The summed E-state index contributed by atoms with van der Waals surface area (Å²) in [6.45, 7) is 4.05. The number of amides is 2. The molecule has 1 N–H and O–H groups in total. The molecule has 1 aromatic carbocycles. The summed E-state index contributed by atoms with van der Waals surface area (Å²) in [7, 11) is -3.46. The topological polar surface area (TPSA) is 83.6 Å². The van der Waals surface area contributed by atoms with E-state index in [4.69, 9.17) is 0 Å². The van der Waals surface area contributed by atoms with Gasteiger partial charge in [-0.25, -0.2) is 8.42 Å².